The van der Waals surface area contributed by atoms with Crippen molar-refractivity contribution in [2.75, 3.05) is 12.4 Å². The number of halogens is 4. The monoisotopic (exact) mass is 327 g/mol. The molecule has 0 atom stereocenters. The average molecular weight is 327 g/mol. The minimum absolute atomic E-state index is 0.150. The van der Waals surface area contributed by atoms with Gasteiger partial charge in [0.2, 0.25) is 0 Å². The number of nitrogens with one attached hydrogen (secondary N) is 1. The Morgan fingerprint density at radius 1 is 1.13 bits per heavy atom. The maximum Gasteiger partial charge on any atom is 0.419 e. The number of ether oxygens (including phenoxy) is 1. The highest BCUT2D eigenvalue weighted by molar-refractivity contribution is 6.04. The molecule has 0 aliphatic rings. The molecule has 0 aliphatic carbocycles. The Kier molecular flexibility index (Phi) is 4.58. The minimum atomic E-state index is -4.84. The molecule has 1 N–H and O–H groups in total. The topological polar surface area (TPSA) is 38.3 Å². The lowest BCUT2D eigenvalue weighted by Gasteiger charge is -2.12. The van der Waals surface area contributed by atoms with E-state index in [1.807, 2.05) is 0 Å². The normalized spacial score (nSPS) is 11.2. The Morgan fingerprint density at radius 3 is 2.43 bits per heavy atom. The zero-order valence-corrected chi connectivity index (χ0v) is 12.3. The first-order chi connectivity index (χ1) is 10.7. The second-order valence-electron chi connectivity index (χ2n) is 4.83. The van der Waals surface area contributed by atoms with Gasteiger partial charge >= 0.3 is 6.18 Å². The molecule has 0 spiro atoms. The molecule has 0 aliphatic heterocycles. The van der Waals surface area contributed by atoms with Crippen molar-refractivity contribution in [3.63, 3.8) is 0 Å². The molecule has 2 aromatic rings. The molecule has 0 heterocycles. The molecule has 0 unspecified atom stereocenters. The van der Waals surface area contributed by atoms with E-state index in [1.54, 1.807) is 13.0 Å². The van der Waals surface area contributed by atoms with Gasteiger partial charge < -0.3 is 10.1 Å². The van der Waals surface area contributed by atoms with Gasteiger partial charge in [-0.25, -0.2) is 4.39 Å². The van der Waals surface area contributed by atoms with E-state index in [1.165, 1.54) is 19.2 Å². The molecular formula is C16H13F4NO2. The summed E-state index contributed by atoms with van der Waals surface area (Å²) in [5.41, 5.74) is -0.560. The van der Waals surface area contributed by atoms with Crippen LogP contribution in [0.15, 0.2) is 36.4 Å². The van der Waals surface area contributed by atoms with Crippen LogP contribution < -0.4 is 10.1 Å². The molecule has 2 aromatic carbocycles. The van der Waals surface area contributed by atoms with Crippen LogP contribution >= 0.6 is 0 Å². The first kappa shape index (κ1) is 16.8. The number of methoxy groups -OCH3 is 1. The van der Waals surface area contributed by atoms with Crippen molar-refractivity contribution in [2.24, 2.45) is 0 Å². The molecule has 0 bridgehead atoms. The molecule has 23 heavy (non-hydrogen) atoms. The Labute approximate surface area is 129 Å². The second kappa shape index (κ2) is 6.28. The van der Waals surface area contributed by atoms with Crippen molar-refractivity contribution in [1.82, 2.24) is 0 Å². The van der Waals surface area contributed by atoms with E-state index in [9.17, 15) is 22.4 Å². The summed E-state index contributed by atoms with van der Waals surface area (Å²) < 4.78 is 56.3. The Hall–Kier alpha value is -2.57. The summed E-state index contributed by atoms with van der Waals surface area (Å²) in [5.74, 6) is -1.54. The molecule has 2 rings (SSSR count). The van der Waals surface area contributed by atoms with Gasteiger partial charge in [0.25, 0.3) is 5.91 Å². The quantitative estimate of drug-likeness (QED) is 0.848. The second-order valence-corrected chi connectivity index (χ2v) is 4.83. The molecule has 0 saturated heterocycles. The zero-order chi connectivity index (χ0) is 17.2. The predicted molar refractivity (Wildman–Crippen MR) is 77.1 cm³/mol. The highest BCUT2D eigenvalue weighted by Crippen LogP contribution is 2.33. The van der Waals surface area contributed by atoms with Gasteiger partial charge in [-0.05, 0) is 42.8 Å². The van der Waals surface area contributed by atoms with Crippen LogP contribution in [0.4, 0.5) is 23.2 Å². The molecule has 1 amide bonds. The Morgan fingerprint density at radius 2 is 1.83 bits per heavy atom. The van der Waals surface area contributed by atoms with Gasteiger partial charge in [-0.1, -0.05) is 6.07 Å². The molecule has 0 radical (unpaired) electrons. The number of hydrogen-bond acceptors (Lipinski definition) is 2. The van der Waals surface area contributed by atoms with Crippen LogP contribution in [0, 0.1) is 12.7 Å². The van der Waals surface area contributed by atoms with Crippen molar-refractivity contribution >= 4 is 11.6 Å². The number of alkyl halides is 3. The summed E-state index contributed by atoms with van der Waals surface area (Å²) in [6.45, 7) is 1.79. The molecule has 0 fully saturated rings. The fourth-order valence-electron chi connectivity index (χ4n) is 1.98. The highest BCUT2D eigenvalue weighted by atomic mass is 19.4. The number of carbonyl (C=O) groups is 1. The number of carbonyl (C=O) groups excluding carboxylic acids is 1. The standard InChI is InChI=1S/C16H13F4NO2/c1-9-3-4-10(7-14(9)23-2)15(22)21-11-5-6-13(17)12(8-11)16(18,19)20/h3-8H,1-2H3,(H,21,22). The summed E-state index contributed by atoms with van der Waals surface area (Å²) in [5, 5.41) is 2.31. The molecule has 7 heteroatoms. The number of anilines is 1. The van der Waals surface area contributed by atoms with Crippen LogP contribution in [0.2, 0.25) is 0 Å². The van der Waals surface area contributed by atoms with Gasteiger partial charge in [-0.3, -0.25) is 4.79 Å². The third-order valence-electron chi connectivity index (χ3n) is 3.20. The van der Waals surface area contributed by atoms with Crippen molar-refractivity contribution in [2.45, 2.75) is 13.1 Å². The summed E-state index contributed by atoms with van der Waals surface area (Å²) in [4.78, 5) is 12.1. The Bertz CT molecular complexity index is 741. The number of hydrogen-bond donors (Lipinski definition) is 1. The lowest BCUT2D eigenvalue weighted by Crippen LogP contribution is -2.14. The predicted octanol–water partition coefficient (Wildman–Crippen LogP) is 4.41. The fourth-order valence-corrected chi connectivity index (χ4v) is 1.98. The SMILES string of the molecule is COc1cc(C(=O)Nc2ccc(F)c(C(F)(F)F)c2)ccc1C. The third-order valence-corrected chi connectivity index (χ3v) is 3.20. The summed E-state index contributed by atoms with van der Waals surface area (Å²) in [6, 6.07) is 6.92. The van der Waals surface area contributed by atoms with Gasteiger partial charge in [0, 0.05) is 11.3 Å². The van der Waals surface area contributed by atoms with Gasteiger partial charge in [0.15, 0.2) is 0 Å². The van der Waals surface area contributed by atoms with Crippen molar-refractivity contribution < 1.29 is 27.1 Å². The smallest absolute Gasteiger partial charge is 0.419 e. The fraction of sp³-hybridized carbons (Fsp3) is 0.188. The summed E-state index contributed by atoms with van der Waals surface area (Å²) in [6.07, 6.45) is -4.84. The third kappa shape index (κ3) is 3.80. The molecular weight excluding hydrogens is 314 g/mol. The van der Waals surface area contributed by atoms with Crippen LogP contribution in [0.3, 0.4) is 0 Å². The summed E-state index contributed by atoms with van der Waals surface area (Å²) in [7, 11) is 1.44. The van der Waals surface area contributed by atoms with Crippen LogP contribution in [-0.2, 0) is 6.18 Å². The van der Waals surface area contributed by atoms with Crippen molar-refractivity contribution in [1.29, 1.82) is 0 Å². The van der Waals surface area contributed by atoms with Crippen LogP contribution in [0.5, 0.6) is 5.75 Å². The maximum absolute atomic E-state index is 13.2. The molecule has 3 nitrogen and oxygen atoms in total. The lowest BCUT2D eigenvalue weighted by molar-refractivity contribution is -0.139. The number of benzene rings is 2. The number of amides is 1. The van der Waals surface area contributed by atoms with E-state index < -0.39 is 23.5 Å². The molecule has 122 valence electrons. The average Bonchev–Trinajstić information content (AvgIpc) is 2.48. The van der Waals surface area contributed by atoms with E-state index in [0.717, 1.165) is 11.6 Å². The molecule has 0 aromatic heterocycles. The van der Waals surface area contributed by atoms with E-state index in [2.05, 4.69) is 5.32 Å². The minimum Gasteiger partial charge on any atom is -0.496 e. The van der Waals surface area contributed by atoms with Gasteiger partial charge in [0.1, 0.15) is 11.6 Å². The molecule has 0 saturated carbocycles. The zero-order valence-electron chi connectivity index (χ0n) is 12.3. The van der Waals surface area contributed by atoms with Crippen molar-refractivity contribution in [3.8, 4) is 5.75 Å². The van der Waals surface area contributed by atoms with Gasteiger partial charge in [-0.15, -0.1) is 0 Å². The Balaban J connectivity index is 2.27. The number of rotatable bonds is 3. The first-order valence-electron chi connectivity index (χ1n) is 6.55. The lowest BCUT2D eigenvalue weighted by atomic mass is 10.1. The van der Waals surface area contributed by atoms with Crippen LogP contribution in [-0.4, -0.2) is 13.0 Å². The largest absolute Gasteiger partial charge is 0.496 e. The van der Waals surface area contributed by atoms with Gasteiger partial charge in [-0.2, -0.15) is 13.2 Å². The van der Waals surface area contributed by atoms with Crippen LogP contribution in [0.1, 0.15) is 21.5 Å². The summed E-state index contributed by atoms with van der Waals surface area (Å²) >= 11 is 0. The highest BCUT2D eigenvalue weighted by Gasteiger charge is 2.34. The van der Waals surface area contributed by atoms with E-state index in [4.69, 9.17) is 4.74 Å². The van der Waals surface area contributed by atoms with Crippen molar-refractivity contribution in [3.05, 3.63) is 58.9 Å². The van der Waals surface area contributed by atoms with E-state index in [0.29, 0.717) is 17.9 Å². The van der Waals surface area contributed by atoms with E-state index >= 15 is 0 Å². The van der Waals surface area contributed by atoms with Crippen LogP contribution in [0.25, 0.3) is 0 Å². The maximum atomic E-state index is 13.2. The number of aryl methyl sites for hydroxylation is 1. The van der Waals surface area contributed by atoms with E-state index in [-0.39, 0.29) is 11.3 Å². The first-order valence-corrected chi connectivity index (χ1v) is 6.55. The van der Waals surface area contributed by atoms with Gasteiger partial charge in [0.05, 0.1) is 12.7 Å².